The summed E-state index contributed by atoms with van der Waals surface area (Å²) in [6.45, 7) is 8.59. The molecule has 10 heteroatoms. The fourth-order valence-corrected chi connectivity index (χ4v) is 4.26. The van der Waals surface area contributed by atoms with Gasteiger partial charge in [-0.1, -0.05) is 0 Å². The normalized spacial score (nSPS) is 21.7. The molecule has 1 heterocycles. The number of carbonyl (C=O) groups excluding carboxylic acids is 2. The van der Waals surface area contributed by atoms with E-state index in [4.69, 9.17) is 5.11 Å². The maximum Gasteiger partial charge on any atom is 0.243 e. The van der Waals surface area contributed by atoms with Crippen LogP contribution < -0.4 is 10.6 Å². The van der Waals surface area contributed by atoms with Crippen molar-refractivity contribution in [3.8, 4) is 0 Å². The zero-order valence-corrected chi connectivity index (χ0v) is 20.6. The Bertz CT molecular complexity index is 551. The molecule has 0 aromatic carbocycles. The first-order valence-corrected chi connectivity index (χ1v) is 12.3. The summed E-state index contributed by atoms with van der Waals surface area (Å²) in [5, 5.41) is 43.5. The number of amides is 2. The molecule has 1 aliphatic rings. The molecule has 6 N–H and O–H groups in total. The molecule has 0 bridgehead atoms. The number of nitrogens with one attached hydrogen (secondary N) is 2. The van der Waals surface area contributed by atoms with Crippen LogP contribution in [0, 0.1) is 0 Å². The Morgan fingerprint density at radius 3 is 1.48 bits per heavy atom. The first kappa shape index (κ1) is 29.7. The number of aliphatic hydroxyl groups excluding tert-OH is 4. The first-order valence-electron chi connectivity index (χ1n) is 12.3. The minimum absolute atomic E-state index is 0.0361. The van der Waals surface area contributed by atoms with E-state index < -0.39 is 30.4 Å². The van der Waals surface area contributed by atoms with Crippen molar-refractivity contribution in [3.05, 3.63) is 0 Å². The number of hydrogen-bond acceptors (Lipinski definition) is 8. The van der Waals surface area contributed by atoms with Crippen LogP contribution in [0.3, 0.4) is 0 Å². The molecule has 1 fully saturated rings. The molecule has 0 radical (unpaired) electrons. The van der Waals surface area contributed by atoms with Gasteiger partial charge >= 0.3 is 0 Å². The standard InChI is InChI=1S/C23H46N4O6/c1-17(29)14-26(12-13-28)10-6-4-8-20-22(32)25-21(23(33)24-20)9-5-7-11-27(15-18(2)30)16-19(3)31/h17-21,28-31H,4-16H2,1-3H3,(H,24,33)(H,25,32). The van der Waals surface area contributed by atoms with Gasteiger partial charge in [0, 0.05) is 26.2 Å². The van der Waals surface area contributed by atoms with Gasteiger partial charge in [0.2, 0.25) is 11.8 Å². The van der Waals surface area contributed by atoms with Gasteiger partial charge in [0.15, 0.2) is 0 Å². The molecule has 5 unspecified atom stereocenters. The number of nitrogens with zero attached hydrogens (tertiary/aromatic N) is 2. The molecule has 194 valence electrons. The highest BCUT2D eigenvalue weighted by molar-refractivity contribution is 5.96. The number of carbonyl (C=O) groups is 2. The van der Waals surface area contributed by atoms with Gasteiger partial charge in [-0.3, -0.25) is 19.4 Å². The summed E-state index contributed by atoms with van der Waals surface area (Å²) in [5.41, 5.74) is 0. The average molecular weight is 475 g/mol. The van der Waals surface area contributed by atoms with E-state index in [1.807, 2.05) is 9.80 Å². The summed E-state index contributed by atoms with van der Waals surface area (Å²) in [6.07, 6.45) is 2.83. The van der Waals surface area contributed by atoms with Crippen molar-refractivity contribution in [2.45, 2.75) is 89.7 Å². The van der Waals surface area contributed by atoms with E-state index in [1.54, 1.807) is 20.8 Å². The molecule has 0 aliphatic carbocycles. The van der Waals surface area contributed by atoms with E-state index in [0.717, 1.165) is 32.2 Å². The quantitative estimate of drug-likeness (QED) is 0.139. The zero-order chi connectivity index (χ0) is 24.8. The lowest BCUT2D eigenvalue weighted by Gasteiger charge is -2.30. The van der Waals surface area contributed by atoms with Crippen LogP contribution in [-0.2, 0) is 9.59 Å². The molecule has 2 amide bonds. The van der Waals surface area contributed by atoms with Crippen molar-refractivity contribution in [2.75, 3.05) is 45.9 Å². The van der Waals surface area contributed by atoms with Gasteiger partial charge in [0.25, 0.3) is 0 Å². The van der Waals surface area contributed by atoms with E-state index in [0.29, 0.717) is 45.6 Å². The van der Waals surface area contributed by atoms with Gasteiger partial charge in [-0.15, -0.1) is 0 Å². The van der Waals surface area contributed by atoms with Crippen molar-refractivity contribution in [3.63, 3.8) is 0 Å². The van der Waals surface area contributed by atoms with E-state index in [9.17, 15) is 24.9 Å². The fourth-order valence-electron chi connectivity index (χ4n) is 4.26. The Kier molecular flexibility index (Phi) is 14.7. The summed E-state index contributed by atoms with van der Waals surface area (Å²) in [7, 11) is 0. The summed E-state index contributed by atoms with van der Waals surface area (Å²) < 4.78 is 0. The van der Waals surface area contributed by atoms with Gasteiger partial charge in [-0.25, -0.2) is 0 Å². The summed E-state index contributed by atoms with van der Waals surface area (Å²) in [4.78, 5) is 28.9. The highest BCUT2D eigenvalue weighted by atomic mass is 16.3. The Morgan fingerprint density at radius 2 is 1.09 bits per heavy atom. The highest BCUT2D eigenvalue weighted by Crippen LogP contribution is 2.11. The van der Waals surface area contributed by atoms with Crippen LogP contribution in [0.15, 0.2) is 0 Å². The summed E-state index contributed by atoms with van der Waals surface area (Å²) in [6, 6.07) is -1.05. The van der Waals surface area contributed by atoms with Crippen LogP contribution in [0.25, 0.3) is 0 Å². The average Bonchev–Trinajstić information content (AvgIpc) is 2.70. The molecule has 10 nitrogen and oxygen atoms in total. The molecule has 0 aromatic heterocycles. The topological polar surface area (TPSA) is 146 Å². The fraction of sp³-hybridized carbons (Fsp3) is 0.913. The van der Waals surface area contributed by atoms with Gasteiger partial charge in [-0.2, -0.15) is 0 Å². The van der Waals surface area contributed by atoms with Crippen LogP contribution in [0.4, 0.5) is 0 Å². The Labute approximate surface area is 198 Å². The van der Waals surface area contributed by atoms with Crippen LogP contribution >= 0.6 is 0 Å². The number of hydrogen-bond donors (Lipinski definition) is 6. The summed E-state index contributed by atoms with van der Waals surface area (Å²) in [5.74, 6) is -0.305. The predicted molar refractivity (Wildman–Crippen MR) is 127 cm³/mol. The number of piperazine rings is 1. The molecule has 0 aromatic rings. The lowest BCUT2D eigenvalue weighted by molar-refractivity contribution is -0.137. The smallest absolute Gasteiger partial charge is 0.243 e. The SMILES string of the molecule is CC(O)CN(CCO)CCCCC1NC(=O)C(CCCCN(CC(C)O)CC(C)O)NC1=O. The largest absolute Gasteiger partial charge is 0.395 e. The van der Waals surface area contributed by atoms with Gasteiger partial charge in [-0.05, 0) is 72.4 Å². The molecular weight excluding hydrogens is 428 g/mol. The Hall–Kier alpha value is -1.30. The van der Waals surface area contributed by atoms with Gasteiger partial charge in [0.05, 0.1) is 24.9 Å². The second-order valence-electron chi connectivity index (χ2n) is 9.44. The minimum Gasteiger partial charge on any atom is -0.395 e. The van der Waals surface area contributed by atoms with Gasteiger partial charge < -0.3 is 31.1 Å². The monoisotopic (exact) mass is 474 g/mol. The second kappa shape index (κ2) is 16.3. The number of unbranched alkanes of at least 4 members (excludes halogenated alkanes) is 2. The van der Waals surface area contributed by atoms with Crippen molar-refractivity contribution in [2.24, 2.45) is 0 Å². The van der Waals surface area contributed by atoms with Crippen molar-refractivity contribution < 1.29 is 30.0 Å². The van der Waals surface area contributed by atoms with Crippen molar-refractivity contribution in [1.29, 1.82) is 0 Å². The molecule has 1 rings (SSSR count). The van der Waals surface area contributed by atoms with E-state index in [-0.39, 0.29) is 18.4 Å². The van der Waals surface area contributed by atoms with Crippen molar-refractivity contribution >= 4 is 11.8 Å². The highest BCUT2D eigenvalue weighted by Gasteiger charge is 2.32. The van der Waals surface area contributed by atoms with Crippen molar-refractivity contribution in [1.82, 2.24) is 20.4 Å². The second-order valence-corrected chi connectivity index (χ2v) is 9.44. The predicted octanol–water partition coefficient (Wildman–Crippen LogP) is -0.951. The maximum absolute atomic E-state index is 12.5. The van der Waals surface area contributed by atoms with Crippen LogP contribution in [0.1, 0.15) is 59.3 Å². The van der Waals surface area contributed by atoms with Crippen LogP contribution in [0.2, 0.25) is 0 Å². The van der Waals surface area contributed by atoms with E-state index in [1.165, 1.54) is 0 Å². The zero-order valence-electron chi connectivity index (χ0n) is 20.6. The summed E-state index contributed by atoms with van der Waals surface area (Å²) >= 11 is 0. The number of aliphatic hydroxyl groups is 4. The molecule has 1 saturated heterocycles. The third-order valence-corrected chi connectivity index (χ3v) is 5.68. The lowest BCUT2D eigenvalue weighted by Crippen LogP contribution is -2.61. The Balaban J connectivity index is 2.32. The molecule has 0 saturated carbocycles. The van der Waals surface area contributed by atoms with E-state index in [2.05, 4.69) is 10.6 Å². The molecule has 5 atom stereocenters. The van der Waals surface area contributed by atoms with Gasteiger partial charge in [0.1, 0.15) is 12.1 Å². The Morgan fingerprint density at radius 1 is 0.697 bits per heavy atom. The maximum atomic E-state index is 12.5. The minimum atomic E-state index is -0.526. The van der Waals surface area contributed by atoms with Crippen LogP contribution in [-0.4, -0.2) is 118 Å². The third-order valence-electron chi connectivity index (χ3n) is 5.68. The first-order chi connectivity index (χ1) is 15.6. The number of rotatable bonds is 18. The molecule has 1 aliphatic heterocycles. The lowest BCUT2D eigenvalue weighted by atomic mass is 10.0. The molecule has 0 spiro atoms. The molecular formula is C23H46N4O6. The third kappa shape index (κ3) is 13.2. The molecule has 33 heavy (non-hydrogen) atoms. The van der Waals surface area contributed by atoms with Crippen LogP contribution in [0.5, 0.6) is 0 Å². The van der Waals surface area contributed by atoms with E-state index >= 15 is 0 Å².